The van der Waals surface area contributed by atoms with Crippen LogP contribution in [0.25, 0.3) is 0 Å². The molecule has 1 aliphatic carbocycles. The molecule has 0 atom stereocenters. The summed E-state index contributed by atoms with van der Waals surface area (Å²) in [5.41, 5.74) is 2.69. The summed E-state index contributed by atoms with van der Waals surface area (Å²) in [5, 5.41) is 3.49. The van der Waals surface area contributed by atoms with E-state index >= 15 is 0 Å². The van der Waals surface area contributed by atoms with Gasteiger partial charge in [0.2, 0.25) is 0 Å². The van der Waals surface area contributed by atoms with E-state index in [4.69, 9.17) is 0 Å². The van der Waals surface area contributed by atoms with Crippen molar-refractivity contribution >= 4 is 16.6 Å². The van der Waals surface area contributed by atoms with E-state index in [1.165, 1.54) is 24.1 Å². The normalized spacial score (nSPS) is 27.8. The molecule has 2 aliphatic rings. The van der Waals surface area contributed by atoms with E-state index in [0.717, 1.165) is 36.6 Å². The number of anilines is 1. The van der Waals surface area contributed by atoms with Crippen LogP contribution in [0.15, 0.2) is 12.1 Å². The summed E-state index contributed by atoms with van der Waals surface area (Å²) in [6.45, 7) is 0. The van der Waals surface area contributed by atoms with Crippen molar-refractivity contribution in [1.29, 1.82) is 0 Å². The van der Waals surface area contributed by atoms with Gasteiger partial charge in [0.15, 0.2) is 0 Å². The zero-order valence-electron chi connectivity index (χ0n) is 9.95. The van der Waals surface area contributed by atoms with Crippen molar-refractivity contribution in [3.8, 4) is 0 Å². The average molecular weight is 250 g/mol. The molecule has 0 radical (unpaired) electrons. The number of nitrogens with zero attached hydrogens (tertiary/aromatic N) is 1. The Morgan fingerprint density at radius 2 is 2.06 bits per heavy atom. The van der Waals surface area contributed by atoms with Gasteiger partial charge in [-0.1, -0.05) is 6.07 Å². The molecule has 0 spiro atoms. The van der Waals surface area contributed by atoms with Crippen LogP contribution in [0.4, 0.5) is 5.82 Å². The molecule has 92 valence electrons. The van der Waals surface area contributed by atoms with Crippen LogP contribution in [0.1, 0.15) is 30.5 Å². The highest BCUT2D eigenvalue weighted by molar-refractivity contribution is 7.85. The topological polar surface area (TPSA) is 42.0 Å². The van der Waals surface area contributed by atoms with Gasteiger partial charge >= 0.3 is 0 Å². The third-order valence-corrected chi connectivity index (χ3v) is 5.05. The predicted molar refractivity (Wildman–Crippen MR) is 70.8 cm³/mol. The van der Waals surface area contributed by atoms with Gasteiger partial charge in [-0.2, -0.15) is 0 Å². The number of aromatic nitrogens is 1. The van der Waals surface area contributed by atoms with Gasteiger partial charge < -0.3 is 5.32 Å². The maximum absolute atomic E-state index is 11.3. The van der Waals surface area contributed by atoms with Gasteiger partial charge in [-0.05, 0) is 43.7 Å². The highest BCUT2D eigenvalue weighted by Gasteiger charge is 2.19. The molecule has 0 amide bonds. The Morgan fingerprint density at radius 3 is 2.88 bits per heavy atom. The molecule has 3 rings (SSSR count). The molecule has 1 saturated heterocycles. The summed E-state index contributed by atoms with van der Waals surface area (Å²) in [6.07, 6.45) is 5.56. The number of aryl methyl sites for hydroxylation is 2. The first-order valence-electron chi connectivity index (χ1n) is 6.41. The highest BCUT2D eigenvalue weighted by atomic mass is 32.2. The van der Waals surface area contributed by atoms with E-state index < -0.39 is 10.8 Å². The Balaban J connectivity index is 1.67. The molecule has 0 saturated carbocycles. The number of rotatable bonds is 2. The van der Waals surface area contributed by atoms with Gasteiger partial charge in [0.05, 0.1) is 0 Å². The lowest BCUT2D eigenvalue weighted by atomic mass is 10.1. The lowest BCUT2D eigenvalue weighted by Gasteiger charge is -2.23. The summed E-state index contributed by atoms with van der Waals surface area (Å²) in [6, 6.07) is 4.76. The Kier molecular flexibility index (Phi) is 3.14. The fourth-order valence-corrected chi connectivity index (χ4v) is 3.95. The summed E-state index contributed by atoms with van der Waals surface area (Å²) in [5.74, 6) is 2.67. The molecule has 0 bridgehead atoms. The fourth-order valence-electron chi connectivity index (χ4n) is 2.65. The van der Waals surface area contributed by atoms with Gasteiger partial charge in [-0.15, -0.1) is 0 Å². The maximum atomic E-state index is 11.3. The quantitative estimate of drug-likeness (QED) is 0.871. The van der Waals surface area contributed by atoms with Crippen LogP contribution in [0.2, 0.25) is 0 Å². The second-order valence-electron chi connectivity index (χ2n) is 4.92. The summed E-state index contributed by atoms with van der Waals surface area (Å²) < 4.78 is 11.3. The van der Waals surface area contributed by atoms with Crippen LogP contribution in [0, 0.1) is 0 Å². The van der Waals surface area contributed by atoms with Crippen LogP contribution >= 0.6 is 0 Å². The standard InChI is InChI=1S/C13H18N2OS/c16-17-8-6-11(7-9-17)14-13-5-4-10-2-1-3-12(10)15-13/h4-5,11H,1-3,6-9H2,(H,14,15). The zero-order valence-corrected chi connectivity index (χ0v) is 10.8. The molecule has 4 heteroatoms. The van der Waals surface area contributed by atoms with Crippen LogP contribution < -0.4 is 5.32 Å². The monoisotopic (exact) mass is 250 g/mol. The molecule has 1 aromatic rings. The zero-order chi connectivity index (χ0) is 11.7. The Morgan fingerprint density at radius 1 is 1.24 bits per heavy atom. The van der Waals surface area contributed by atoms with E-state index in [-0.39, 0.29) is 0 Å². The van der Waals surface area contributed by atoms with Gasteiger partial charge in [0, 0.05) is 34.0 Å². The first-order chi connectivity index (χ1) is 8.31. The molecule has 1 N–H and O–H groups in total. The van der Waals surface area contributed by atoms with Gasteiger partial charge in [-0.3, -0.25) is 4.21 Å². The van der Waals surface area contributed by atoms with E-state index in [9.17, 15) is 4.21 Å². The van der Waals surface area contributed by atoms with Crippen LogP contribution in [-0.2, 0) is 23.6 Å². The van der Waals surface area contributed by atoms with Crippen molar-refractivity contribution in [2.75, 3.05) is 16.8 Å². The average Bonchev–Trinajstić information content (AvgIpc) is 2.79. The number of hydrogen-bond acceptors (Lipinski definition) is 3. The number of pyridine rings is 1. The molecule has 1 fully saturated rings. The second-order valence-corrected chi connectivity index (χ2v) is 6.62. The van der Waals surface area contributed by atoms with Crippen molar-refractivity contribution in [1.82, 2.24) is 4.98 Å². The van der Waals surface area contributed by atoms with Crippen molar-refractivity contribution in [3.63, 3.8) is 0 Å². The summed E-state index contributed by atoms with van der Waals surface area (Å²) in [4.78, 5) is 4.68. The lowest BCUT2D eigenvalue weighted by molar-refractivity contribution is 0.622. The number of hydrogen-bond donors (Lipinski definition) is 1. The minimum Gasteiger partial charge on any atom is -0.367 e. The van der Waals surface area contributed by atoms with Crippen molar-refractivity contribution in [2.24, 2.45) is 0 Å². The molecular weight excluding hydrogens is 232 g/mol. The summed E-state index contributed by atoms with van der Waals surface area (Å²) >= 11 is 0. The Hall–Kier alpha value is -0.900. The predicted octanol–water partition coefficient (Wildman–Crippen LogP) is 1.89. The highest BCUT2D eigenvalue weighted by Crippen LogP contribution is 2.22. The largest absolute Gasteiger partial charge is 0.367 e. The number of nitrogens with one attached hydrogen (secondary N) is 1. The van der Waals surface area contributed by atoms with Crippen LogP contribution in [-0.4, -0.2) is 26.7 Å². The Labute approximate surface area is 104 Å². The van der Waals surface area contributed by atoms with Crippen LogP contribution in [0.3, 0.4) is 0 Å². The van der Waals surface area contributed by atoms with Gasteiger partial charge in [-0.25, -0.2) is 4.98 Å². The van der Waals surface area contributed by atoms with Gasteiger partial charge in [0.1, 0.15) is 5.82 Å². The third kappa shape index (κ3) is 2.51. The van der Waals surface area contributed by atoms with E-state index in [1.54, 1.807) is 0 Å². The minimum atomic E-state index is -0.579. The lowest BCUT2D eigenvalue weighted by Crippen LogP contribution is -2.29. The second kappa shape index (κ2) is 4.77. The smallest absolute Gasteiger partial charge is 0.126 e. The molecule has 2 heterocycles. The van der Waals surface area contributed by atoms with E-state index in [2.05, 4.69) is 22.4 Å². The van der Waals surface area contributed by atoms with Gasteiger partial charge in [0.25, 0.3) is 0 Å². The molecule has 0 unspecified atom stereocenters. The molecular formula is C13H18N2OS. The first-order valence-corrected chi connectivity index (χ1v) is 7.90. The molecule has 3 nitrogen and oxygen atoms in total. The molecule has 1 aromatic heterocycles. The van der Waals surface area contributed by atoms with Crippen molar-refractivity contribution in [2.45, 2.75) is 38.1 Å². The van der Waals surface area contributed by atoms with Crippen LogP contribution in [0.5, 0.6) is 0 Å². The maximum Gasteiger partial charge on any atom is 0.126 e. The number of fused-ring (bicyclic) bond motifs is 1. The molecule has 0 aromatic carbocycles. The molecule has 1 aliphatic heterocycles. The summed E-state index contributed by atoms with van der Waals surface area (Å²) in [7, 11) is -0.579. The first kappa shape index (κ1) is 11.2. The molecule has 17 heavy (non-hydrogen) atoms. The Bertz CT molecular complexity index is 437. The SMILES string of the molecule is O=S1CCC(Nc2ccc3c(n2)CCC3)CC1. The van der Waals surface area contributed by atoms with Crippen molar-refractivity contribution < 1.29 is 4.21 Å². The fraction of sp³-hybridized carbons (Fsp3) is 0.615. The van der Waals surface area contributed by atoms with Crippen molar-refractivity contribution in [3.05, 3.63) is 23.4 Å². The van der Waals surface area contributed by atoms with E-state index in [1.807, 2.05) is 0 Å². The third-order valence-electron chi connectivity index (χ3n) is 3.67. The van der Waals surface area contributed by atoms with E-state index in [0.29, 0.717) is 6.04 Å². The minimum absolute atomic E-state index is 0.458.